The molecule has 2 aliphatic heterocycles. The highest BCUT2D eigenvalue weighted by molar-refractivity contribution is 6.31. The monoisotopic (exact) mass is 538 g/mol. The molecule has 2 heterocycles. The summed E-state index contributed by atoms with van der Waals surface area (Å²) in [7, 11) is 0. The number of alkyl halides is 6. The fraction of sp³-hybridized carbons (Fsp3) is 0.458. The van der Waals surface area contributed by atoms with E-state index >= 15 is 0 Å². The van der Waals surface area contributed by atoms with Crippen molar-refractivity contribution in [2.75, 3.05) is 6.54 Å². The standard InChI is InChI=1S/C24H22ClF7N2O2/c1-11(12-5-13(23(27,28)29)7-14(6-12)24(30,31)32)36-19-10-34-18(9-22(2,33)21(34)35)20(19)16-4-3-15(26)8-17(16)25/h3-8,11,18-20H,9-10,33H2,1-2H3/t11-,18+,19+,20+,22?/m1/s1. The molecule has 5 atom stereocenters. The summed E-state index contributed by atoms with van der Waals surface area (Å²) >= 11 is 6.29. The van der Waals surface area contributed by atoms with Crippen LogP contribution in [0.15, 0.2) is 36.4 Å². The molecule has 12 heteroatoms. The van der Waals surface area contributed by atoms with E-state index in [1.54, 1.807) is 6.92 Å². The quantitative estimate of drug-likeness (QED) is 0.480. The Morgan fingerprint density at radius 2 is 1.67 bits per heavy atom. The molecule has 2 aromatic rings. The first-order valence-corrected chi connectivity index (χ1v) is 11.4. The number of amides is 1. The van der Waals surface area contributed by atoms with Crippen LogP contribution in [0.3, 0.4) is 0 Å². The molecule has 2 aromatic carbocycles. The van der Waals surface area contributed by atoms with Gasteiger partial charge >= 0.3 is 12.4 Å². The molecule has 4 nitrogen and oxygen atoms in total. The van der Waals surface area contributed by atoms with E-state index in [1.807, 2.05) is 0 Å². The number of hydrogen-bond donors (Lipinski definition) is 1. The summed E-state index contributed by atoms with van der Waals surface area (Å²) in [6.07, 6.45) is -11.9. The highest BCUT2D eigenvalue weighted by Crippen LogP contribution is 2.47. The van der Waals surface area contributed by atoms with Crippen LogP contribution in [0.25, 0.3) is 0 Å². The second-order valence-electron chi connectivity index (χ2n) is 9.49. The smallest absolute Gasteiger partial charge is 0.368 e. The Kier molecular flexibility index (Phi) is 6.58. The molecule has 1 unspecified atom stereocenters. The van der Waals surface area contributed by atoms with E-state index in [9.17, 15) is 35.5 Å². The molecule has 2 N–H and O–H groups in total. The van der Waals surface area contributed by atoms with Crippen molar-refractivity contribution >= 4 is 17.5 Å². The second kappa shape index (κ2) is 8.88. The average molecular weight is 539 g/mol. The van der Waals surface area contributed by atoms with E-state index in [-0.39, 0.29) is 35.5 Å². The molecule has 0 aromatic heterocycles. The number of nitrogens with two attached hydrogens (primary N) is 1. The predicted molar refractivity (Wildman–Crippen MR) is 117 cm³/mol. The number of carbonyl (C=O) groups excluding carboxylic acids is 1. The van der Waals surface area contributed by atoms with Crippen LogP contribution in [0.4, 0.5) is 30.7 Å². The van der Waals surface area contributed by atoms with Crippen molar-refractivity contribution in [3.63, 3.8) is 0 Å². The van der Waals surface area contributed by atoms with Gasteiger partial charge < -0.3 is 15.4 Å². The van der Waals surface area contributed by atoms with Crippen molar-refractivity contribution in [3.8, 4) is 0 Å². The molecule has 2 saturated heterocycles. The molecule has 0 bridgehead atoms. The van der Waals surface area contributed by atoms with Gasteiger partial charge in [0, 0.05) is 23.5 Å². The lowest BCUT2D eigenvalue weighted by Gasteiger charge is -2.28. The topological polar surface area (TPSA) is 55.6 Å². The SMILES string of the molecule is C[C@@H](O[C@H]1CN2C(=O)C(C)(N)C[C@H]2[C@@H]1c1ccc(F)cc1Cl)c1cc(C(F)(F)F)cc(C(F)(F)F)c1. The summed E-state index contributed by atoms with van der Waals surface area (Å²) in [4.78, 5) is 14.3. The van der Waals surface area contributed by atoms with Crippen LogP contribution in [0, 0.1) is 5.82 Å². The van der Waals surface area contributed by atoms with E-state index in [0.29, 0.717) is 17.7 Å². The zero-order chi connectivity index (χ0) is 26.8. The highest BCUT2D eigenvalue weighted by Gasteiger charge is 2.56. The van der Waals surface area contributed by atoms with E-state index in [1.165, 1.54) is 24.0 Å². The molecule has 0 saturated carbocycles. The van der Waals surface area contributed by atoms with Crippen LogP contribution in [0.5, 0.6) is 0 Å². The predicted octanol–water partition coefficient (Wildman–Crippen LogP) is 6.08. The van der Waals surface area contributed by atoms with Crippen molar-refractivity contribution < 1.29 is 40.3 Å². The van der Waals surface area contributed by atoms with Crippen molar-refractivity contribution in [1.29, 1.82) is 0 Å². The maximum absolute atomic E-state index is 13.7. The lowest BCUT2D eigenvalue weighted by atomic mass is 9.85. The number of hydrogen-bond acceptors (Lipinski definition) is 3. The first kappa shape index (κ1) is 26.7. The average Bonchev–Trinajstić information content (AvgIpc) is 3.18. The summed E-state index contributed by atoms with van der Waals surface area (Å²) in [6.45, 7) is 2.89. The number of halogens is 8. The third-order valence-electron chi connectivity index (χ3n) is 6.75. The van der Waals surface area contributed by atoms with Crippen LogP contribution in [-0.2, 0) is 21.9 Å². The van der Waals surface area contributed by atoms with E-state index in [4.69, 9.17) is 22.1 Å². The van der Waals surface area contributed by atoms with Crippen LogP contribution in [-0.4, -0.2) is 35.0 Å². The number of fused-ring (bicyclic) bond motifs is 1. The summed E-state index contributed by atoms with van der Waals surface area (Å²) in [5.41, 5.74) is 2.15. The third kappa shape index (κ3) is 4.92. The molecular formula is C24H22ClF7N2O2. The van der Waals surface area contributed by atoms with Gasteiger partial charge in [0.15, 0.2) is 0 Å². The van der Waals surface area contributed by atoms with Gasteiger partial charge in [0.1, 0.15) is 5.82 Å². The molecule has 2 aliphatic rings. The zero-order valence-electron chi connectivity index (χ0n) is 19.1. The van der Waals surface area contributed by atoms with E-state index in [0.717, 1.165) is 6.07 Å². The molecule has 4 rings (SSSR count). The first-order valence-electron chi connectivity index (χ1n) is 11.0. The van der Waals surface area contributed by atoms with Crippen molar-refractivity contribution in [2.24, 2.45) is 5.73 Å². The second-order valence-corrected chi connectivity index (χ2v) is 9.90. The number of rotatable bonds is 4. The highest BCUT2D eigenvalue weighted by atomic mass is 35.5. The lowest BCUT2D eigenvalue weighted by molar-refractivity contribution is -0.143. The Morgan fingerprint density at radius 1 is 1.08 bits per heavy atom. The number of carbonyl (C=O) groups is 1. The number of benzene rings is 2. The molecule has 36 heavy (non-hydrogen) atoms. The lowest BCUT2D eigenvalue weighted by Crippen LogP contribution is -2.46. The van der Waals surface area contributed by atoms with Gasteiger partial charge in [-0.3, -0.25) is 4.79 Å². The van der Waals surface area contributed by atoms with Gasteiger partial charge in [0.05, 0.1) is 28.9 Å². The van der Waals surface area contributed by atoms with Crippen LogP contribution in [0.2, 0.25) is 5.02 Å². The van der Waals surface area contributed by atoms with Crippen molar-refractivity contribution in [2.45, 2.75) is 62.3 Å². The molecular weight excluding hydrogens is 517 g/mol. The fourth-order valence-electron chi connectivity index (χ4n) is 5.07. The number of nitrogens with zero attached hydrogens (tertiary/aromatic N) is 1. The molecule has 0 radical (unpaired) electrons. The summed E-state index contributed by atoms with van der Waals surface area (Å²) in [5, 5.41) is 0.0552. The molecule has 0 spiro atoms. The van der Waals surface area contributed by atoms with Crippen LogP contribution >= 0.6 is 11.6 Å². The molecule has 1 amide bonds. The van der Waals surface area contributed by atoms with E-state index < -0.39 is 59.0 Å². The fourth-order valence-corrected chi connectivity index (χ4v) is 5.36. The largest absolute Gasteiger partial charge is 0.416 e. The van der Waals surface area contributed by atoms with Crippen molar-refractivity contribution in [3.05, 3.63) is 69.5 Å². The maximum atomic E-state index is 13.7. The van der Waals surface area contributed by atoms with Gasteiger partial charge in [0.2, 0.25) is 5.91 Å². The Labute approximate surface area is 207 Å². The zero-order valence-corrected chi connectivity index (χ0v) is 19.8. The van der Waals surface area contributed by atoms with Gasteiger partial charge in [-0.25, -0.2) is 4.39 Å². The van der Waals surface area contributed by atoms with Gasteiger partial charge in [-0.2, -0.15) is 26.3 Å². The minimum absolute atomic E-state index is 0.00983. The Bertz CT molecular complexity index is 1150. The third-order valence-corrected chi connectivity index (χ3v) is 7.08. The molecule has 2 fully saturated rings. The minimum Gasteiger partial charge on any atom is -0.368 e. The molecule has 0 aliphatic carbocycles. The van der Waals surface area contributed by atoms with Gasteiger partial charge in [-0.15, -0.1) is 0 Å². The van der Waals surface area contributed by atoms with Crippen LogP contribution < -0.4 is 5.73 Å². The minimum atomic E-state index is -5.01. The maximum Gasteiger partial charge on any atom is 0.416 e. The number of ether oxygens (including phenoxy) is 1. The summed E-state index contributed by atoms with van der Waals surface area (Å²) < 4.78 is 99.7. The molecule has 196 valence electrons. The van der Waals surface area contributed by atoms with Crippen LogP contribution in [0.1, 0.15) is 54.5 Å². The normalized spacial score (nSPS) is 27.5. The first-order chi connectivity index (χ1) is 16.5. The Hall–Kier alpha value is -2.37. The van der Waals surface area contributed by atoms with Crippen molar-refractivity contribution in [1.82, 2.24) is 4.90 Å². The van der Waals surface area contributed by atoms with Gasteiger partial charge in [0.25, 0.3) is 0 Å². The Balaban J connectivity index is 1.71. The summed E-state index contributed by atoms with van der Waals surface area (Å²) in [6, 6.07) is 4.45. The van der Waals surface area contributed by atoms with Gasteiger partial charge in [-0.05, 0) is 61.7 Å². The van der Waals surface area contributed by atoms with E-state index in [2.05, 4.69) is 0 Å². The van der Waals surface area contributed by atoms with Gasteiger partial charge in [-0.1, -0.05) is 17.7 Å². The Morgan fingerprint density at radius 3 is 2.19 bits per heavy atom. The summed E-state index contributed by atoms with van der Waals surface area (Å²) in [5.74, 6) is -1.60.